The van der Waals surface area contributed by atoms with Gasteiger partial charge in [0.05, 0.1) is 7.11 Å². The summed E-state index contributed by atoms with van der Waals surface area (Å²) in [5, 5.41) is 5.21. The number of nitrogens with zero attached hydrogens (tertiary/aromatic N) is 5. The summed E-state index contributed by atoms with van der Waals surface area (Å²) in [6.07, 6.45) is 16.5. The SMILES string of the molecule is COc1ccc(N([C@H]2CC[C@H](N)CC2)[C@H](Cc2ccc(Cl)cc2)C(=O)N2CCC(Cn3cncn3)(C3CCCCC3)CC2)cc1. The predicted molar refractivity (Wildman–Crippen MR) is 179 cm³/mol. The third kappa shape index (κ3) is 7.49. The van der Waals surface area contributed by atoms with E-state index in [9.17, 15) is 4.79 Å². The number of hydrogen-bond donors (Lipinski definition) is 1. The second-order valence-corrected chi connectivity index (χ2v) is 14.1. The molecule has 45 heavy (non-hydrogen) atoms. The topological polar surface area (TPSA) is 89.5 Å². The molecule has 242 valence electrons. The molecule has 0 radical (unpaired) electrons. The zero-order chi connectivity index (χ0) is 31.2. The highest BCUT2D eigenvalue weighted by molar-refractivity contribution is 6.30. The molecule has 2 heterocycles. The van der Waals surface area contributed by atoms with E-state index in [0.717, 1.165) is 75.2 Å². The van der Waals surface area contributed by atoms with E-state index in [1.807, 2.05) is 35.3 Å². The first-order valence-electron chi connectivity index (χ1n) is 17.0. The van der Waals surface area contributed by atoms with Crippen LogP contribution >= 0.6 is 11.6 Å². The molecular weight excluding hydrogens is 584 g/mol. The van der Waals surface area contributed by atoms with E-state index in [4.69, 9.17) is 22.1 Å². The fourth-order valence-corrected chi connectivity index (χ4v) is 8.48. The fraction of sp³-hybridized carbons (Fsp3) is 0.583. The number of piperidine rings is 1. The van der Waals surface area contributed by atoms with E-state index in [-0.39, 0.29) is 29.4 Å². The van der Waals surface area contributed by atoms with E-state index in [1.165, 1.54) is 32.1 Å². The molecule has 6 rings (SSSR count). The summed E-state index contributed by atoms with van der Waals surface area (Å²) in [7, 11) is 1.69. The number of carbonyl (C=O) groups is 1. The molecule has 0 unspecified atom stereocenters. The molecule has 9 heteroatoms. The van der Waals surface area contributed by atoms with E-state index in [2.05, 4.69) is 44.1 Å². The summed E-state index contributed by atoms with van der Waals surface area (Å²) < 4.78 is 7.51. The Bertz CT molecular complexity index is 1340. The Hall–Kier alpha value is -3.10. The van der Waals surface area contributed by atoms with Crippen LogP contribution in [0.4, 0.5) is 5.69 Å². The number of carbonyl (C=O) groups excluding carboxylic acids is 1. The first-order valence-corrected chi connectivity index (χ1v) is 17.4. The average molecular weight is 633 g/mol. The van der Waals surface area contributed by atoms with Gasteiger partial charge >= 0.3 is 0 Å². The molecule has 2 saturated carbocycles. The molecule has 1 amide bonds. The summed E-state index contributed by atoms with van der Waals surface area (Å²) >= 11 is 6.28. The first kappa shape index (κ1) is 31.9. The van der Waals surface area contributed by atoms with Gasteiger partial charge in [-0.05, 0) is 105 Å². The van der Waals surface area contributed by atoms with E-state index in [1.54, 1.807) is 13.4 Å². The van der Waals surface area contributed by atoms with Crippen molar-refractivity contribution < 1.29 is 9.53 Å². The zero-order valence-corrected chi connectivity index (χ0v) is 27.5. The van der Waals surface area contributed by atoms with Gasteiger partial charge in [-0.2, -0.15) is 5.10 Å². The molecule has 1 saturated heterocycles. The Kier molecular flexibility index (Phi) is 10.3. The number of methoxy groups -OCH3 is 1. The lowest BCUT2D eigenvalue weighted by atomic mass is 9.63. The van der Waals surface area contributed by atoms with Crippen molar-refractivity contribution in [3.8, 4) is 5.75 Å². The van der Waals surface area contributed by atoms with Crippen LogP contribution in [-0.4, -0.2) is 63.9 Å². The molecule has 3 fully saturated rings. The maximum absolute atomic E-state index is 14.9. The number of benzene rings is 2. The zero-order valence-electron chi connectivity index (χ0n) is 26.7. The van der Waals surface area contributed by atoms with Gasteiger partial charge in [0, 0.05) is 48.8 Å². The Morgan fingerprint density at radius 2 is 1.69 bits per heavy atom. The normalized spacial score (nSPS) is 23.0. The summed E-state index contributed by atoms with van der Waals surface area (Å²) in [4.78, 5) is 23.7. The molecular formula is C36H49ClN6O2. The Balaban J connectivity index is 1.29. The third-order valence-corrected chi connectivity index (χ3v) is 11.2. The number of nitrogens with two attached hydrogens (primary N) is 1. The van der Waals surface area contributed by atoms with Crippen molar-refractivity contribution >= 4 is 23.2 Å². The van der Waals surface area contributed by atoms with Crippen LogP contribution in [0.3, 0.4) is 0 Å². The highest BCUT2D eigenvalue weighted by atomic mass is 35.5. The summed E-state index contributed by atoms with van der Waals surface area (Å²) in [6, 6.07) is 16.3. The molecule has 3 aromatic rings. The summed E-state index contributed by atoms with van der Waals surface area (Å²) in [6.45, 7) is 2.43. The molecule has 2 aliphatic carbocycles. The smallest absolute Gasteiger partial charge is 0.245 e. The Morgan fingerprint density at radius 3 is 2.31 bits per heavy atom. The van der Waals surface area contributed by atoms with Crippen molar-refractivity contribution in [1.29, 1.82) is 0 Å². The van der Waals surface area contributed by atoms with Gasteiger partial charge in [0.25, 0.3) is 0 Å². The van der Waals surface area contributed by atoms with Crippen molar-refractivity contribution in [3.05, 3.63) is 71.8 Å². The van der Waals surface area contributed by atoms with Crippen LogP contribution in [0.25, 0.3) is 0 Å². The van der Waals surface area contributed by atoms with Gasteiger partial charge in [-0.25, -0.2) is 4.98 Å². The molecule has 0 spiro atoms. The van der Waals surface area contributed by atoms with Gasteiger partial charge in [-0.15, -0.1) is 0 Å². The minimum Gasteiger partial charge on any atom is -0.497 e. The molecule has 0 bridgehead atoms. The van der Waals surface area contributed by atoms with Gasteiger partial charge in [-0.3, -0.25) is 9.48 Å². The maximum atomic E-state index is 14.9. The number of likely N-dealkylation sites (tertiary alicyclic amines) is 1. The summed E-state index contributed by atoms with van der Waals surface area (Å²) in [5.74, 6) is 1.70. The van der Waals surface area contributed by atoms with Crippen LogP contribution < -0.4 is 15.4 Å². The minimum absolute atomic E-state index is 0.145. The van der Waals surface area contributed by atoms with E-state index >= 15 is 0 Å². The number of halogens is 1. The maximum Gasteiger partial charge on any atom is 0.245 e. The highest BCUT2D eigenvalue weighted by Crippen LogP contribution is 2.47. The van der Waals surface area contributed by atoms with Crippen molar-refractivity contribution in [3.63, 3.8) is 0 Å². The minimum atomic E-state index is -0.337. The second kappa shape index (κ2) is 14.5. The molecule has 1 aromatic heterocycles. The number of hydrogen-bond acceptors (Lipinski definition) is 6. The molecule has 2 N–H and O–H groups in total. The van der Waals surface area contributed by atoms with Gasteiger partial charge in [0.1, 0.15) is 24.4 Å². The Morgan fingerprint density at radius 1 is 1.00 bits per heavy atom. The standard InChI is InChI=1S/C36H49ClN6O2/c1-45-33-17-15-32(16-18-33)43(31-13-11-30(38)12-14-31)34(23-27-7-9-29(37)10-8-27)35(44)41-21-19-36(20-22-41,24-42-26-39-25-40-42)28-5-3-2-4-6-28/h7-10,15-18,25-26,28,30-31,34H,2-6,11-14,19-24,38H2,1H3/t30-,31-,34-/m1/s1. The van der Waals surface area contributed by atoms with Crippen molar-refractivity contribution in [1.82, 2.24) is 19.7 Å². The van der Waals surface area contributed by atoms with Crippen molar-refractivity contribution in [2.45, 2.75) is 102 Å². The number of amides is 1. The van der Waals surface area contributed by atoms with Crippen LogP contribution in [0.5, 0.6) is 5.75 Å². The van der Waals surface area contributed by atoms with Crippen LogP contribution in [0.1, 0.15) is 76.2 Å². The first-order chi connectivity index (χ1) is 21.9. The monoisotopic (exact) mass is 632 g/mol. The Labute approximate surface area is 273 Å². The lowest BCUT2D eigenvalue weighted by Crippen LogP contribution is -2.57. The van der Waals surface area contributed by atoms with Crippen LogP contribution in [0, 0.1) is 11.3 Å². The van der Waals surface area contributed by atoms with E-state index < -0.39 is 0 Å². The van der Waals surface area contributed by atoms with Gasteiger partial charge < -0.3 is 20.3 Å². The number of rotatable bonds is 10. The van der Waals surface area contributed by atoms with Gasteiger partial charge in [0.2, 0.25) is 5.91 Å². The molecule has 1 aliphatic heterocycles. The lowest BCUT2D eigenvalue weighted by molar-refractivity contribution is -0.136. The molecule has 8 nitrogen and oxygen atoms in total. The van der Waals surface area contributed by atoms with Gasteiger partial charge in [0.15, 0.2) is 0 Å². The van der Waals surface area contributed by atoms with Crippen LogP contribution in [0.15, 0.2) is 61.2 Å². The largest absolute Gasteiger partial charge is 0.497 e. The van der Waals surface area contributed by atoms with Crippen molar-refractivity contribution in [2.75, 3.05) is 25.1 Å². The third-order valence-electron chi connectivity index (χ3n) is 11.0. The van der Waals surface area contributed by atoms with Crippen LogP contribution in [-0.2, 0) is 17.8 Å². The quantitative estimate of drug-likeness (QED) is 0.274. The molecule has 1 atom stereocenters. The number of aromatic nitrogens is 3. The average Bonchev–Trinajstić information content (AvgIpc) is 3.60. The van der Waals surface area contributed by atoms with Crippen LogP contribution in [0.2, 0.25) is 5.02 Å². The lowest BCUT2D eigenvalue weighted by Gasteiger charge is -2.49. The van der Waals surface area contributed by atoms with E-state index in [0.29, 0.717) is 17.4 Å². The van der Waals surface area contributed by atoms with Crippen molar-refractivity contribution in [2.24, 2.45) is 17.1 Å². The number of ether oxygens (including phenoxy) is 1. The predicted octanol–water partition coefficient (Wildman–Crippen LogP) is 6.52. The second-order valence-electron chi connectivity index (χ2n) is 13.6. The fourth-order valence-electron chi connectivity index (χ4n) is 8.36. The molecule has 2 aromatic carbocycles. The highest BCUT2D eigenvalue weighted by Gasteiger charge is 2.45. The number of anilines is 1. The van der Waals surface area contributed by atoms with Gasteiger partial charge in [-0.1, -0.05) is 43.0 Å². The summed E-state index contributed by atoms with van der Waals surface area (Å²) in [5.41, 5.74) is 8.68. The molecule has 3 aliphatic rings.